The lowest BCUT2D eigenvalue weighted by molar-refractivity contribution is -0.116. The summed E-state index contributed by atoms with van der Waals surface area (Å²) in [7, 11) is 0. The first-order valence-corrected chi connectivity index (χ1v) is 6.30. The predicted octanol–water partition coefficient (Wildman–Crippen LogP) is 3.41. The maximum atomic E-state index is 11.2. The fraction of sp³-hybridized carbons (Fsp3) is 0.643. The molecule has 90 valence electrons. The van der Waals surface area contributed by atoms with Gasteiger partial charge in [-0.05, 0) is 30.8 Å². The van der Waals surface area contributed by atoms with Crippen molar-refractivity contribution in [3.8, 4) is 0 Å². The summed E-state index contributed by atoms with van der Waals surface area (Å²) in [5.41, 5.74) is 1.08. The van der Waals surface area contributed by atoms with E-state index in [4.69, 9.17) is 0 Å². The Balaban J connectivity index is 2.47. The molecule has 0 aliphatic heterocycles. The van der Waals surface area contributed by atoms with Gasteiger partial charge in [0.05, 0.1) is 0 Å². The first-order valence-electron chi connectivity index (χ1n) is 6.30. The van der Waals surface area contributed by atoms with E-state index < -0.39 is 0 Å². The summed E-state index contributed by atoms with van der Waals surface area (Å²) in [6.45, 7) is 7.89. The molecule has 1 rings (SSSR count). The highest BCUT2D eigenvalue weighted by Gasteiger charge is 2.21. The van der Waals surface area contributed by atoms with Crippen molar-refractivity contribution in [3.63, 3.8) is 0 Å². The van der Waals surface area contributed by atoms with Gasteiger partial charge in [-0.15, -0.1) is 0 Å². The second-order valence-electron chi connectivity index (χ2n) is 4.73. The summed E-state index contributed by atoms with van der Waals surface area (Å²) in [6.07, 6.45) is 9.74. The Morgan fingerprint density at radius 3 is 3.00 bits per heavy atom. The number of carbonyl (C=O) groups is 1. The number of nitrogens with one attached hydrogen (secondary N) is 1. The van der Waals surface area contributed by atoms with Crippen molar-refractivity contribution >= 4 is 5.91 Å². The maximum absolute atomic E-state index is 11.2. The Kier molecular flexibility index (Phi) is 5.30. The van der Waals surface area contributed by atoms with Gasteiger partial charge in [-0.25, -0.2) is 0 Å². The molecule has 2 heteroatoms. The van der Waals surface area contributed by atoms with Gasteiger partial charge in [-0.1, -0.05) is 45.8 Å². The van der Waals surface area contributed by atoms with Gasteiger partial charge in [0, 0.05) is 5.70 Å². The summed E-state index contributed by atoms with van der Waals surface area (Å²) >= 11 is 0. The van der Waals surface area contributed by atoms with Gasteiger partial charge in [0.25, 0.3) is 0 Å². The van der Waals surface area contributed by atoms with Gasteiger partial charge in [0.2, 0.25) is 5.91 Å². The normalized spacial score (nSPS) is 24.8. The SMILES string of the molecule is C=CC(=O)NC1=CCC(CCCC)CC1C. The molecule has 0 fully saturated rings. The van der Waals surface area contributed by atoms with E-state index in [0.717, 1.165) is 18.0 Å². The number of carbonyl (C=O) groups excluding carboxylic acids is 1. The fourth-order valence-corrected chi connectivity index (χ4v) is 2.31. The highest BCUT2D eigenvalue weighted by atomic mass is 16.1. The smallest absolute Gasteiger partial charge is 0.247 e. The Morgan fingerprint density at radius 2 is 2.44 bits per heavy atom. The lowest BCUT2D eigenvalue weighted by atomic mass is 9.82. The molecule has 1 aliphatic carbocycles. The van der Waals surface area contributed by atoms with Crippen LogP contribution in [-0.4, -0.2) is 5.91 Å². The lowest BCUT2D eigenvalue weighted by Gasteiger charge is -2.27. The van der Waals surface area contributed by atoms with E-state index in [2.05, 4.69) is 31.8 Å². The highest BCUT2D eigenvalue weighted by molar-refractivity contribution is 5.88. The number of amides is 1. The zero-order chi connectivity index (χ0) is 12.0. The van der Waals surface area contributed by atoms with E-state index in [9.17, 15) is 4.79 Å². The van der Waals surface area contributed by atoms with Crippen LogP contribution in [0.2, 0.25) is 0 Å². The van der Waals surface area contributed by atoms with Crippen molar-refractivity contribution in [2.75, 3.05) is 0 Å². The summed E-state index contributed by atoms with van der Waals surface area (Å²) < 4.78 is 0. The lowest BCUT2D eigenvalue weighted by Crippen LogP contribution is -2.28. The molecule has 0 aromatic heterocycles. The molecule has 2 nitrogen and oxygen atoms in total. The van der Waals surface area contributed by atoms with E-state index in [0.29, 0.717) is 5.92 Å². The summed E-state index contributed by atoms with van der Waals surface area (Å²) in [4.78, 5) is 11.2. The molecular formula is C14H23NO. The molecule has 0 aromatic rings. The Morgan fingerprint density at radius 1 is 1.69 bits per heavy atom. The highest BCUT2D eigenvalue weighted by Crippen LogP contribution is 2.30. The van der Waals surface area contributed by atoms with Crippen molar-refractivity contribution in [2.24, 2.45) is 11.8 Å². The Hall–Kier alpha value is -1.05. The largest absolute Gasteiger partial charge is 0.326 e. The molecule has 2 unspecified atom stereocenters. The minimum absolute atomic E-state index is 0.0925. The second-order valence-corrected chi connectivity index (χ2v) is 4.73. The van der Waals surface area contributed by atoms with Crippen LogP contribution in [0.5, 0.6) is 0 Å². The molecule has 0 spiro atoms. The molecule has 1 amide bonds. The zero-order valence-corrected chi connectivity index (χ0v) is 10.5. The maximum Gasteiger partial charge on any atom is 0.247 e. The van der Waals surface area contributed by atoms with Crippen LogP contribution in [0.25, 0.3) is 0 Å². The van der Waals surface area contributed by atoms with Crippen LogP contribution < -0.4 is 5.32 Å². The molecule has 1 aliphatic rings. The first-order chi connectivity index (χ1) is 7.67. The van der Waals surface area contributed by atoms with Crippen LogP contribution in [-0.2, 0) is 4.79 Å². The van der Waals surface area contributed by atoms with Crippen molar-refractivity contribution in [2.45, 2.75) is 46.0 Å². The molecule has 16 heavy (non-hydrogen) atoms. The minimum atomic E-state index is -0.0925. The van der Waals surface area contributed by atoms with Crippen LogP contribution in [0.1, 0.15) is 46.0 Å². The Labute approximate surface area is 98.8 Å². The Bertz CT molecular complexity index is 280. The monoisotopic (exact) mass is 221 g/mol. The van der Waals surface area contributed by atoms with E-state index in [-0.39, 0.29) is 5.91 Å². The predicted molar refractivity (Wildman–Crippen MR) is 67.8 cm³/mol. The number of rotatable bonds is 5. The third-order valence-corrected chi connectivity index (χ3v) is 3.31. The number of hydrogen-bond acceptors (Lipinski definition) is 1. The third-order valence-electron chi connectivity index (χ3n) is 3.31. The van der Waals surface area contributed by atoms with E-state index in [1.54, 1.807) is 0 Å². The molecule has 2 atom stereocenters. The van der Waals surface area contributed by atoms with Crippen molar-refractivity contribution in [1.82, 2.24) is 5.32 Å². The van der Waals surface area contributed by atoms with E-state index in [1.807, 2.05) is 0 Å². The summed E-state index contributed by atoms with van der Waals surface area (Å²) in [6, 6.07) is 0. The zero-order valence-electron chi connectivity index (χ0n) is 10.5. The number of hydrogen-bond donors (Lipinski definition) is 1. The fourth-order valence-electron chi connectivity index (χ4n) is 2.31. The topological polar surface area (TPSA) is 29.1 Å². The van der Waals surface area contributed by atoms with Gasteiger partial charge in [0.1, 0.15) is 0 Å². The number of allylic oxidation sites excluding steroid dienone is 2. The summed E-state index contributed by atoms with van der Waals surface area (Å²) in [5.74, 6) is 1.18. The van der Waals surface area contributed by atoms with Gasteiger partial charge in [0.15, 0.2) is 0 Å². The van der Waals surface area contributed by atoms with Gasteiger partial charge < -0.3 is 5.32 Å². The van der Waals surface area contributed by atoms with Crippen LogP contribution in [0, 0.1) is 11.8 Å². The number of unbranched alkanes of at least 4 members (excludes halogenated alkanes) is 1. The van der Waals surface area contributed by atoms with Gasteiger partial charge in [-0.2, -0.15) is 0 Å². The van der Waals surface area contributed by atoms with Crippen LogP contribution in [0.3, 0.4) is 0 Å². The molecule has 0 saturated carbocycles. The molecule has 0 radical (unpaired) electrons. The van der Waals surface area contributed by atoms with Crippen molar-refractivity contribution < 1.29 is 4.79 Å². The van der Waals surface area contributed by atoms with E-state index >= 15 is 0 Å². The van der Waals surface area contributed by atoms with Gasteiger partial charge in [-0.3, -0.25) is 4.79 Å². The average Bonchev–Trinajstić information content (AvgIpc) is 2.29. The van der Waals surface area contributed by atoms with Gasteiger partial charge >= 0.3 is 0 Å². The molecular weight excluding hydrogens is 198 g/mol. The van der Waals surface area contributed by atoms with Crippen molar-refractivity contribution in [3.05, 3.63) is 24.4 Å². The third kappa shape index (κ3) is 3.84. The van der Waals surface area contributed by atoms with Crippen molar-refractivity contribution in [1.29, 1.82) is 0 Å². The molecule has 0 heterocycles. The van der Waals surface area contributed by atoms with E-state index in [1.165, 1.54) is 31.8 Å². The average molecular weight is 221 g/mol. The molecule has 0 aromatic carbocycles. The molecule has 1 N–H and O–H groups in total. The minimum Gasteiger partial charge on any atom is -0.326 e. The quantitative estimate of drug-likeness (QED) is 0.708. The summed E-state index contributed by atoms with van der Waals surface area (Å²) in [5, 5.41) is 2.90. The van der Waals surface area contributed by atoms with Crippen LogP contribution in [0.15, 0.2) is 24.4 Å². The first kappa shape index (κ1) is 13.0. The second kappa shape index (κ2) is 6.51. The molecule has 0 bridgehead atoms. The van der Waals surface area contributed by atoms with Crippen LogP contribution in [0.4, 0.5) is 0 Å². The standard InChI is InChI=1S/C14H23NO/c1-4-6-7-12-8-9-13(11(3)10-12)15-14(16)5-2/h5,9,11-12H,2,4,6-8,10H2,1,3H3,(H,15,16). The van der Waals surface area contributed by atoms with Crippen LogP contribution >= 0.6 is 0 Å². The molecule has 0 saturated heterocycles.